The molecular formula is C26H23N3O2. The summed E-state index contributed by atoms with van der Waals surface area (Å²) in [5, 5.41) is 3.04. The molecule has 0 spiro atoms. The van der Waals surface area contributed by atoms with Gasteiger partial charge in [0.25, 0.3) is 5.91 Å². The van der Waals surface area contributed by atoms with E-state index in [1.807, 2.05) is 48.5 Å². The Bertz CT molecular complexity index is 1170. The molecule has 0 aliphatic carbocycles. The number of carbonyl (C=O) groups is 2. The van der Waals surface area contributed by atoms with E-state index in [1.54, 1.807) is 11.0 Å². The molecule has 2 aliphatic rings. The number of nitrogens with zero attached hydrogens (tertiary/aromatic N) is 2. The second-order valence-corrected chi connectivity index (χ2v) is 7.79. The molecule has 3 aromatic rings. The summed E-state index contributed by atoms with van der Waals surface area (Å²) < 4.78 is 0. The van der Waals surface area contributed by atoms with Crippen molar-refractivity contribution < 1.29 is 9.59 Å². The number of amides is 2. The van der Waals surface area contributed by atoms with E-state index >= 15 is 0 Å². The van der Waals surface area contributed by atoms with Crippen molar-refractivity contribution in [1.82, 2.24) is 4.90 Å². The first kappa shape index (κ1) is 19.1. The molecule has 0 atom stereocenters. The van der Waals surface area contributed by atoms with E-state index in [4.69, 9.17) is 0 Å². The lowest BCUT2D eigenvalue weighted by molar-refractivity contribution is -0.116. The maximum absolute atomic E-state index is 12.8. The summed E-state index contributed by atoms with van der Waals surface area (Å²) >= 11 is 0. The van der Waals surface area contributed by atoms with Gasteiger partial charge in [-0.1, -0.05) is 55.1 Å². The first-order valence-corrected chi connectivity index (χ1v) is 10.5. The molecule has 3 aromatic carbocycles. The molecule has 5 heteroatoms. The van der Waals surface area contributed by atoms with E-state index in [9.17, 15) is 9.59 Å². The van der Waals surface area contributed by atoms with E-state index in [0.29, 0.717) is 17.8 Å². The van der Waals surface area contributed by atoms with Gasteiger partial charge in [-0.3, -0.25) is 9.59 Å². The van der Waals surface area contributed by atoms with Gasteiger partial charge in [0.2, 0.25) is 5.91 Å². The zero-order valence-corrected chi connectivity index (χ0v) is 17.2. The van der Waals surface area contributed by atoms with Gasteiger partial charge in [-0.2, -0.15) is 0 Å². The van der Waals surface area contributed by atoms with Crippen LogP contribution in [0, 0.1) is 0 Å². The Morgan fingerprint density at radius 3 is 2.39 bits per heavy atom. The molecule has 0 radical (unpaired) electrons. The summed E-state index contributed by atoms with van der Waals surface area (Å²) in [6.07, 6.45) is 1.18. The largest absolute Gasteiger partial charge is 0.339 e. The highest BCUT2D eigenvalue weighted by molar-refractivity contribution is 6.09. The second-order valence-electron chi connectivity index (χ2n) is 7.79. The molecule has 2 amide bonds. The zero-order chi connectivity index (χ0) is 21.4. The molecule has 5 nitrogen and oxygen atoms in total. The maximum atomic E-state index is 12.8. The first-order valence-electron chi connectivity index (χ1n) is 10.5. The van der Waals surface area contributed by atoms with Gasteiger partial charge < -0.3 is 15.1 Å². The highest BCUT2D eigenvalue weighted by Gasteiger charge is 2.30. The van der Waals surface area contributed by atoms with Gasteiger partial charge in [-0.15, -0.1) is 0 Å². The molecule has 2 heterocycles. The molecule has 0 unspecified atom stereocenters. The Labute approximate surface area is 181 Å². The average molecular weight is 409 g/mol. The van der Waals surface area contributed by atoms with E-state index in [0.717, 1.165) is 29.9 Å². The van der Waals surface area contributed by atoms with E-state index in [1.165, 1.54) is 11.3 Å². The van der Waals surface area contributed by atoms with Crippen molar-refractivity contribution in [2.45, 2.75) is 12.8 Å². The molecule has 1 N–H and O–H groups in total. The summed E-state index contributed by atoms with van der Waals surface area (Å²) in [4.78, 5) is 29.3. The SMILES string of the molecule is C=C1c2ccccc2C(=O)N1CCC(=O)Nc1ccccc1N1CCc2ccccc21. The van der Waals surface area contributed by atoms with E-state index in [-0.39, 0.29) is 18.2 Å². The summed E-state index contributed by atoms with van der Waals surface area (Å²) in [6, 6.07) is 23.6. The number of hydrogen-bond acceptors (Lipinski definition) is 3. The fourth-order valence-corrected chi connectivity index (χ4v) is 4.40. The molecular weight excluding hydrogens is 386 g/mol. The normalized spacial score (nSPS) is 14.6. The predicted octanol–water partition coefficient (Wildman–Crippen LogP) is 4.84. The minimum absolute atomic E-state index is 0.0949. The number of benzene rings is 3. The lowest BCUT2D eigenvalue weighted by atomic mass is 10.1. The molecule has 0 bridgehead atoms. The lowest BCUT2D eigenvalue weighted by Gasteiger charge is -2.23. The summed E-state index contributed by atoms with van der Waals surface area (Å²) in [7, 11) is 0. The summed E-state index contributed by atoms with van der Waals surface area (Å²) in [5.41, 5.74) is 6.39. The summed E-state index contributed by atoms with van der Waals surface area (Å²) in [6.45, 7) is 5.22. The number of nitrogens with one attached hydrogen (secondary N) is 1. The van der Waals surface area contributed by atoms with Crippen molar-refractivity contribution in [3.8, 4) is 0 Å². The minimum Gasteiger partial charge on any atom is -0.339 e. The van der Waals surface area contributed by atoms with Crippen LogP contribution in [-0.2, 0) is 11.2 Å². The topological polar surface area (TPSA) is 52.7 Å². The Morgan fingerprint density at radius 1 is 0.903 bits per heavy atom. The molecule has 5 rings (SSSR count). The van der Waals surface area contributed by atoms with Crippen LogP contribution in [0.3, 0.4) is 0 Å². The second kappa shape index (κ2) is 7.76. The third-order valence-electron chi connectivity index (χ3n) is 5.96. The van der Waals surface area contributed by atoms with E-state index in [2.05, 4.69) is 35.0 Å². The van der Waals surface area contributed by atoms with Crippen LogP contribution in [0.4, 0.5) is 17.1 Å². The Hall–Kier alpha value is -3.86. The van der Waals surface area contributed by atoms with Gasteiger partial charge in [-0.25, -0.2) is 0 Å². The number of rotatable bonds is 5. The fourth-order valence-electron chi connectivity index (χ4n) is 4.40. The Balaban J connectivity index is 1.29. The standard InChI is InChI=1S/C26H23N3O2/c1-18-20-9-3-4-10-21(20)26(31)28(18)17-15-25(30)27-22-11-5-7-13-24(22)29-16-14-19-8-2-6-12-23(19)29/h2-13H,1,14-17H2,(H,27,30). The monoisotopic (exact) mass is 409 g/mol. The van der Waals surface area contributed by atoms with Gasteiger partial charge in [0.1, 0.15) is 0 Å². The average Bonchev–Trinajstić information content (AvgIpc) is 3.33. The van der Waals surface area contributed by atoms with Crippen LogP contribution >= 0.6 is 0 Å². The number of carbonyl (C=O) groups excluding carboxylic acids is 2. The quantitative estimate of drug-likeness (QED) is 0.656. The van der Waals surface area contributed by atoms with Crippen LogP contribution in [-0.4, -0.2) is 29.8 Å². The summed E-state index contributed by atoms with van der Waals surface area (Å²) in [5.74, 6) is -0.223. The highest BCUT2D eigenvalue weighted by atomic mass is 16.2. The maximum Gasteiger partial charge on any atom is 0.258 e. The number of hydrogen-bond donors (Lipinski definition) is 1. The van der Waals surface area contributed by atoms with Crippen molar-refractivity contribution in [1.29, 1.82) is 0 Å². The van der Waals surface area contributed by atoms with Gasteiger partial charge in [0, 0.05) is 42.0 Å². The molecule has 31 heavy (non-hydrogen) atoms. The molecule has 0 fully saturated rings. The highest BCUT2D eigenvalue weighted by Crippen LogP contribution is 2.38. The Kier molecular flexibility index (Phi) is 4.79. The van der Waals surface area contributed by atoms with Crippen LogP contribution in [0.1, 0.15) is 27.9 Å². The van der Waals surface area contributed by atoms with Gasteiger partial charge >= 0.3 is 0 Å². The van der Waals surface area contributed by atoms with Crippen LogP contribution in [0.5, 0.6) is 0 Å². The van der Waals surface area contributed by atoms with Crippen LogP contribution in [0.2, 0.25) is 0 Å². The van der Waals surface area contributed by atoms with Crippen molar-refractivity contribution in [2.75, 3.05) is 23.3 Å². The first-order chi connectivity index (χ1) is 15.1. The molecule has 2 aliphatic heterocycles. The van der Waals surface area contributed by atoms with Gasteiger partial charge in [0.15, 0.2) is 0 Å². The number of anilines is 3. The third kappa shape index (κ3) is 3.38. The zero-order valence-electron chi connectivity index (χ0n) is 17.2. The van der Waals surface area contributed by atoms with E-state index < -0.39 is 0 Å². The predicted molar refractivity (Wildman–Crippen MR) is 123 cm³/mol. The number of para-hydroxylation sites is 3. The third-order valence-corrected chi connectivity index (χ3v) is 5.96. The lowest BCUT2D eigenvalue weighted by Crippen LogP contribution is -2.27. The van der Waals surface area contributed by atoms with Gasteiger partial charge in [0.05, 0.1) is 11.4 Å². The van der Waals surface area contributed by atoms with Crippen LogP contribution in [0.15, 0.2) is 79.4 Å². The fraction of sp³-hybridized carbons (Fsp3) is 0.154. The van der Waals surface area contributed by atoms with Gasteiger partial charge in [-0.05, 0) is 36.2 Å². The van der Waals surface area contributed by atoms with Crippen LogP contribution in [0.25, 0.3) is 5.70 Å². The molecule has 0 saturated heterocycles. The smallest absolute Gasteiger partial charge is 0.258 e. The van der Waals surface area contributed by atoms with Crippen molar-refractivity contribution in [3.63, 3.8) is 0 Å². The Morgan fingerprint density at radius 2 is 1.58 bits per heavy atom. The molecule has 0 saturated carbocycles. The van der Waals surface area contributed by atoms with Crippen molar-refractivity contribution in [3.05, 3.63) is 96.1 Å². The molecule has 0 aromatic heterocycles. The van der Waals surface area contributed by atoms with Crippen molar-refractivity contribution in [2.24, 2.45) is 0 Å². The minimum atomic E-state index is -0.128. The van der Waals surface area contributed by atoms with Crippen LogP contribution < -0.4 is 10.2 Å². The van der Waals surface area contributed by atoms with Crippen molar-refractivity contribution >= 4 is 34.6 Å². The molecule has 154 valence electrons. The number of fused-ring (bicyclic) bond motifs is 2.